The first kappa shape index (κ1) is 22.9. The summed E-state index contributed by atoms with van der Waals surface area (Å²) in [6.07, 6.45) is 0. The van der Waals surface area contributed by atoms with E-state index in [-0.39, 0.29) is 12.5 Å². The molecule has 0 bridgehead atoms. The van der Waals surface area contributed by atoms with Crippen molar-refractivity contribution in [3.63, 3.8) is 0 Å². The maximum Gasteiger partial charge on any atom is 0.272 e. The highest BCUT2D eigenvalue weighted by Gasteiger charge is 2.25. The van der Waals surface area contributed by atoms with E-state index in [4.69, 9.17) is 28.3 Å². The summed E-state index contributed by atoms with van der Waals surface area (Å²) in [6, 6.07) is 12.6. The van der Waals surface area contributed by atoms with Gasteiger partial charge in [-0.1, -0.05) is 47.2 Å². The smallest absolute Gasteiger partial charge is 0.272 e. The minimum absolute atomic E-state index is 0.231. The molecule has 31 heavy (non-hydrogen) atoms. The zero-order valence-corrected chi connectivity index (χ0v) is 19.3. The average Bonchev–Trinajstić information content (AvgIpc) is 3.03. The molecule has 160 valence electrons. The first-order chi connectivity index (χ1) is 14.6. The molecule has 0 saturated carbocycles. The molecule has 0 fully saturated rings. The van der Waals surface area contributed by atoms with Crippen LogP contribution in [0.15, 0.2) is 42.5 Å². The number of hydrogen-bond donors (Lipinski definition) is 2. The van der Waals surface area contributed by atoms with Gasteiger partial charge in [0.15, 0.2) is 5.69 Å². The van der Waals surface area contributed by atoms with E-state index in [2.05, 4.69) is 22.3 Å². The number of aliphatic hydroxyl groups is 1. The fourth-order valence-corrected chi connectivity index (χ4v) is 3.52. The Bertz CT molecular complexity index is 1180. The van der Waals surface area contributed by atoms with Gasteiger partial charge in [0.2, 0.25) is 0 Å². The predicted octanol–water partition coefficient (Wildman–Crippen LogP) is 5.03. The van der Waals surface area contributed by atoms with Gasteiger partial charge in [-0.2, -0.15) is 5.10 Å². The number of nitrogens with one attached hydrogen (secondary N) is 1. The van der Waals surface area contributed by atoms with Crippen molar-refractivity contribution in [3.8, 4) is 28.8 Å². The van der Waals surface area contributed by atoms with E-state index in [0.717, 1.165) is 16.8 Å². The van der Waals surface area contributed by atoms with Crippen LogP contribution < -0.4 is 5.32 Å². The van der Waals surface area contributed by atoms with Crippen molar-refractivity contribution in [1.29, 1.82) is 0 Å². The van der Waals surface area contributed by atoms with Crippen LogP contribution >= 0.6 is 23.2 Å². The number of nitrogens with zero attached hydrogens (tertiary/aromatic N) is 2. The Kier molecular flexibility index (Phi) is 6.76. The summed E-state index contributed by atoms with van der Waals surface area (Å²) in [5.74, 6) is 5.17. The lowest BCUT2D eigenvalue weighted by molar-refractivity contribution is 0.0913. The molecule has 0 aliphatic carbocycles. The van der Waals surface area contributed by atoms with Crippen LogP contribution in [0, 0.1) is 18.8 Å². The second-order valence-electron chi connectivity index (χ2n) is 8.07. The van der Waals surface area contributed by atoms with Crippen LogP contribution in [0.4, 0.5) is 0 Å². The Morgan fingerprint density at radius 2 is 1.84 bits per heavy atom. The van der Waals surface area contributed by atoms with Crippen molar-refractivity contribution in [2.75, 3.05) is 6.61 Å². The molecular formula is C24H23Cl2N3O2. The van der Waals surface area contributed by atoms with Crippen LogP contribution in [0.3, 0.4) is 0 Å². The fourth-order valence-electron chi connectivity index (χ4n) is 3.13. The number of carbonyl (C=O) groups is 1. The molecule has 1 aromatic heterocycles. The van der Waals surface area contributed by atoms with Crippen LogP contribution in [0.1, 0.15) is 42.4 Å². The van der Waals surface area contributed by atoms with E-state index in [1.807, 2.05) is 39.8 Å². The molecule has 0 unspecified atom stereocenters. The normalized spacial score (nSPS) is 11.1. The fraction of sp³-hybridized carbons (Fsp3) is 0.250. The van der Waals surface area contributed by atoms with Crippen LogP contribution in [0.5, 0.6) is 0 Å². The molecule has 1 amide bonds. The number of hydrogen-bond acceptors (Lipinski definition) is 3. The van der Waals surface area contributed by atoms with Gasteiger partial charge in [-0.05, 0) is 58.0 Å². The molecule has 3 aromatic rings. The van der Waals surface area contributed by atoms with Crippen LogP contribution in [0.2, 0.25) is 10.0 Å². The number of aromatic nitrogens is 2. The molecule has 7 heteroatoms. The van der Waals surface area contributed by atoms with Crippen molar-refractivity contribution < 1.29 is 9.90 Å². The molecule has 5 nitrogen and oxygen atoms in total. The molecule has 1 heterocycles. The molecule has 3 rings (SSSR count). The topological polar surface area (TPSA) is 67.2 Å². The number of halogens is 2. The number of carbonyl (C=O) groups excluding carboxylic acids is 1. The summed E-state index contributed by atoms with van der Waals surface area (Å²) < 4.78 is 1.67. The number of benzene rings is 2. The Balaban J connectivity index is 2.20. The third-order valence-corrected chi connectivity index (χ3v) is 4.99. The zero-order valence-electron chi connectivity index (χ0n) is 17.8. The largest absolute Gasteiger partial charge is 0.384 e. The van der Waals surface area contributed by atoms with Crippen molar-refractivity contribution in [2.45, 2.75) is 33.2 Å². The van der Waals surface area contributed by atoms with Gasteiger partial charge < -0.3 is 10.4 Å². The predicted molar refractivity (Wildman–Crippen MR) is 125 cm³/mol. The van der Waals surface area contributed by atoms with Gasteiger partial charge in [-0.25, -0.2) is 4.68 Å². The third-order valence-electron chi connectivity index (χ3n) is 4.43. The van der Waals surface area contributed by atoms with Crippen LogP contribution in [0.25, 0.3) is 16.9 Å². The Hall–Kier alpha value is -2.78. The van der Waals surface area contributed by atoms with E-state index in [0.29, 0.717) is 27.0 Å². The molecule has 0 saturated heterocycles. The lowest BCUT2D eigenvalue weighted by Gasteiger charge is -2.19. The van der Waals surface area contributed by atoms with Gasteiger partial charge >= 0.3 is 0 Å². The van der Waals surface area contributed by atoms with E-state index < -0.39 is 5.54 Å². The first-order valence-electron chi connectivity index (χ1n) is 9.68. The lowest BCUT2D eigenvalue weighted by atomic mass is 10.0. The molecule has 0 aliphatic rings. The number of rotatable bonds is 3. The highest BCUT2D eigenvalue weighted by atomic mass is 35.5. The zero-order chi connectivity index (χ0) is 22.8. The Labute approximate surface area is 192 Å². The van der Waals surface area contributed by atoms with Gasteiger partial charge in [0.25, 0.3) is 5.91 Å². The molecule has 2 aromatic carbocycles. The molecule has 0 aliphatic heterocycles. The minimum Gasteiger partial charge on any atom is -0.384 e. The van der Waals surface area contributed by atoms with Crippen LogP contribution in [-0.4, -0.2) is 32.9 Å². The lowest BCUT2D eigenvalue weighted by Crippen LogP contribution is -2.41. The summed E-state index contributed by atoms with van der Waals surface area (Å²) in [5.41, 5.74) is 3.52. The SMILES string of the molecule is Cc1c(C(=O)NC(C)(C)C)nn(-c2ccc(C#CCO)cc2Cl)c1-c1ccc(Cl)cc1. The molecule has 0 radical (unpaired) electrons. The first-order valence-corrected chi connectivity index (χ1v) is 10.4. The average molecular weight is 456 g/mol. The van der Waals surface area contributed by atoms with Crippen molar-refractivity contribution in [2.24, 2.45) is 0 Å². The van der Waals surface area contributed by atoms with E-state index in [9.17, 15) is 4.79 Å². The van der Waals surface area contributed by atoms with Crippen molar-refractivity contribution in [3.05, 3.63) is 69.3 Å². The highest BCUT2D eigenvalue weighted by molar-refractivity contribution is 6.32. The summed E-state index contributed by atoms with van der Waals surface area (Å²) in [5, 5.41) is 17.5. The molecular weight excluding hydrogens is 433 g/mol. The van der Waals surface area contributed by atoms with Gasteiger partial charge in [0.1, 0.15) is 6.61 Å². The maximum absolute atomic E-state index is 12.9. The van der Waals surface area contributed by atoms with E-state index in [1.54, 1.807) is 35.0 Å². The standard InChI is InChI=1S/C24H23Cl2N3O2/c1-15-21(23(31)27-24(2,3)4)28-29(22(15)17-8-10-18(25)11-9-17)20-12-7-16(6-5-13-30)14-19(20)26/h7-12,14,30H,13H2,1-4H3,(H,27,31). The molecule has 0 atom stereocenters. The minimum atomic E-state index is -0.404. The molecule has 2 N–H and O–H groups in total. The van der Waals surface area contributed by atoms with Crippen molar-refractivity contribution in [1.82, 2.24) is 15.1 Å². The van der Waals surface area contributed by atoms with E-state index in [1.165, 1.54) is 0 Å². The van der Waals surface area contributed by atoms with Gasteiger partial charge in [0.05, 0.1) is 16.4 Å². The number of amides is 1. The monoisotopic (exact) mass is 455 g/mol. The summed E-state index contributed by atoms with van der Waals surface area (Å²) in [4.78, 5) is 12.9. The van der Waals surface area contributed by atoms with Gasteiger partial charge in [0, 0.05) is 27.3 Å². The van der Waals surface area contributed by atoms with Crippen LogP contribution in [-0.2, 0) is 0 Å². The number of aliphatic hydroxyl groups excluding tert-OH is 1. The van der Waals surface area contributed by atoms with Gasteiger partial charge in [-0.3, -0.25) is 4.79 Å². The second kappa shape index (κ2) is 9.15. The second-order valence-corrected chi connectivity index (χ2v) is 8.91. The Morgan fingerprint density at radius 3 is 2.42 bits per heavy atom. The van der Waals surface area contributed by atoms with Gasteiger partial charge in [-0.15, -0.1) is 0 Å². The summed E-state index contributed by atoms with van der Waals surface area (Å²) >= 11 is 12.6. The Morgan fingerprint density at radius 1 is 1.16 bits per heavy atom. The highest BCUT2D eigenvalue weighted by Crippen LogP contribution is 2.32. The summed E-state index contributed by atoms with van der Waals surface area (Å²) in [7, 11) is 0. The van der Waals surface area contributed by atoms with E-state index >= 15 is 0 Å². The maximum atomic E-state index is 12.9. The quantitative estimate of drug-likeness (QED) is 0.544. The summed E-state index contributed by atoms with van der Waals surface area (Å²) in [6.45, 7) is 7.38. The van der Waals surface area contributed by atoms with Crippen molar-refractivity contribution >= 4 is 29.1 Å². The molecule has 0 spiro atoms. The third kappa shape index (κ3) is 5.29.